The highest BCUT2D eigenvalue weighted by Crippen LogP contribution is 2.19. The lowest BCUT2D eigenvalue weighted by Crippen LogP contribution is -2.08. The van der Waals surface area contributed by atoms with E-state index in [0.29, 0.717) is 6.10 Å². The highest BCUT2D eigenvalue weighted by Gasteiger charge is 2.25. The van der Waals surface area contributed by atoms with Gasteiger partial charge in [0, 0.05) is 5.92 Å². The molecule has 0 N–H and O–H groups in total. The van der Waals surface area contributed by atoms with Gasteiger partial charge in [0.25, 0.3) is 0 Å². The summed E-state index contributed by atoms with van der Waals surface area (Å²) in [5, 5.41) is 0. The number of hydrogen-bond acceptors (Lipinski definition) is 2. The van der Waals surface area contributed by atoms with Gasteiger partial charge in [0.1, 0.15) is 5.78 Å². The number of ketones is 1. The smallest absolute Gasteiger partial charge is 0.132 e. The third-order valence-corrected chi connectivity index (χ3v) is 1.71. The molecule has 0 aliphatic carbocycles. The molecule has 9 heavy (non-hydrogen) atoms. The number of Topliss-reactive ketones (excluding diaryl/α,β-unsaturated/α-hetero) is 1. The molecule has 2 unspecified atom stereocenters. The van der Waals surface area contributed by atoms with Crippen molar-refractivity contribution in [1.82, 2.24) is 0 Å². The largest absolute Gasteiger partial charge is 0.373 e. The molecule has 0 radical (unpaired) electrons. The normalized spacial score (nSPS) is 27.6. The molecule has 0 aromatic rings. The van der Waals surface area contributed by atoms with E-state index in [1.165, 1.54) is 0 Å². The maximum Gasteiger partial charge on any atom is 0.132 e. The molecule has 1 saturated heterocycles. The van der Waals surface area contributed by atoms with Crippen LogP contribution >= 0.6 is 0 Å². The molecule has 1 fully saturated rings. The van der Waals surface area contributed by atoms with Crippen LogP contribution in [-0.2, 0) is 9.53 Å². The van der Waals surface area contributed by atoms with E-state index in [4.69, 9.17) is 4.74 Å². The van der Waals surface area contributed by atoms with Crippen LogP contribution in [0.4, 0.5) is 0 Å². The molecular weight excluding hydrogens is 116 g/mol. The lowest BCUT2D eigenvalue weighted by molar-refractivity contribution is -0.120. The molecule has 2 nitrogen and oxygen atoms in total. The van der Waals surface area contributed by atoms with E-state index in [9.17, 15) is 4.79 Å². The van der Waals surface area contributed by atoms with E-state index in [-0.39, 0.29) is 11.7 Å². The summed E-state index contributed by atoms with van der Waals surface area (Å²) in [6, 6.07) is 0. The van der Waals surface area contributed by atoms with Crippen molar-refractivity contribution in [2.45, 2.75) is 26.4 Å². The highest BCUT2D eigenvalue weighted by molar-refractivity contribution is 5.77. The van der Waals surface area contributed by atoms with E-state index < -0.39 is 0 Å². The third-order valence-electron chi connectivity index (χ3n) is 1.71. The molecule has 0 saturated carbocycles. The lowest BCUT2D eigenvalue weighted by atomic mass is 10.0. The van der Waals surface area contributed by atoms with Crippen LogP contribution in [0.3, 0.4) is 0 Å². The summed E-state index contributed by atoms with van der Waals surface area (Å²) in [5.41, 5.74) is 0. The van der Waals surface area contributed by atoms with Gasteiger partial charge < -0.3 is 4.74 Å². The molecule has 2 heteroatoms. The second kappa shape index (κ2) is 2.48. The Bertz CT molecular complexity index is 116. The second-order valence-corrected chi connectivity index (χ2v) is 2.70. The van der Waals surface area contributed by atoms with Crippen molar-refractivity contribution < 1.29 is 9.53 Å². The van der Waals surface area contributed by atoms with Crippen LogP contribution in [0.1, 0.15) is 20.3 Å². The number of carbonyl (C=O) groups excluding carboxylic acids is 1. The molecule has 0 bridgehead atoms. The summed E-state index contributed by atoms with van der Waals surface area (Å²) in [5.74, 6) is 0.461. The Morgan fingerprint density at radius 1 is 1.89 bits per heavy atom. The van der Waals surface area contributed by atoms with Gasteiger partial charge in [-0.05, 0) is 13.3 Å². The van der Waals surface area contributed by atoms with Crippen molar-refractivity contribution in [2.24, 2.45) is 5.92 Å². The number of epoxide rings is 1. The third kappa shape index (κ3) is 2.14. The number of ether oxygens (including phenoxy) is 1. The maximum atomic E-state index is 10.7. The van der Waals surface area contributed by atoms with Crippen molar-refractivity contribution >= 4 is 5.78 Å². The Kier molecular flexibility index (Phi) is 1.86. The first-order valence-electron chi connectivity index (χ1n) is 3.32. The zero-order chi connectivity index (χ0) is 6.85. The van der Waals surface area contributed by atoms with Crippen molar-refractivity contribution in [2.75, 3.05) is 6.61 Å². The van der Waals surface area contributed by atoms with Crippen molar-refractivity contribution in [3.05, 3.63) is 0 Å². The van der Waals surface area contributed by atoms with Crippen LogP contribution in [-0.4, -0.2) is 18.5 Å². The molecule has 1 aliphatic heterocycles. The fourth-order valence-electron chi connectivity index (χ4n) is 0.764. The minimum absolute atomic E-state index is 0.192. The van der Waals surface area contributed by atoms with Gasteiger partial charge in [-0.2, -0.15) is 0 Å². The molecule has 52 valence electrons. The molecule has 2 atom stereocenters. The number of hydrogen-bond donors (Lipinski definition) is 0. The van der Waals surface area contributed by atoms with Gasteiger partial charge in [0.2, 0.25) is 0 Å². The lowest BCUT2D eigenvalue weighted by Gasteiger charge is -2.01. The van der Waals surface area contributed by atoms with Crippen LogP contribution in [0.5, 0.6) is 0 Å². The standard InChI is InChI=1S/C7H12O2/c1-5(6(2)8)3-7-4-9-7/h5,7H,3-4H2,1-2H3. The van der Waals surface area contributed by atoms with Gasteiger partial charge in [-0.25, -0.2) is 0 Å². The topological polar surface area (TPSA) is 29.6 Å². The Morgan fingerprint density at radius 3 is 2.78 bits per heavy atom. The molecule has 1 aliphatic rings. The van der Waals surface area contributed by atoms with Crippen LogP contribution in [0.25, 0.3) is 0 Å². The van der Waals surface area contributed by atoms with Crippen LogP contribution in [0.2, 0.25) is 0 Å². The first-order chi connectivity index (χ1) is 4.20. The molecule has 1 rings (SSSR count). The Balaban J connectivity index is 2.16. The van der Waals surface area contributed by atoms with E-state index in [0.717, 1.165) is 13.0 Å². The average molecular weight is 128 g/mol. The number of carbonyl (C=O) groups is 1. The first kappa shape index (κ1) is 6.75. The van der Waals surface area contributed by atoms with E-state index in [2.05, 4.69) is 0 Å². The molecule has 0 aromatic heterocycles. The van der Waals surface area contributed by atoms with Crippen molar-refractivity contribution in [3.8, 4) is 0 Å². The van der Waals surface area contributed by atoms with Crippen LogP contribution in [0, 0.1) is 5.92 Å². The summed E-state index contributed by atoms with van der Waals surface area (Å²) in [6.07, 6.45) is 1.30. The summed E-state index contributed by atoms with van der Waals surface area (Å²) >= 11 is 0. The van der Waals surface area contributed by atoms with Gasteiger partial charge in [-0.15, -0.1) is 0 Å². The Morgan fingerprint density at radius 2 is 2.44 bits per heavy atom. The zero-order valence-corrected chi connectivity index (χ0v) is 5.89. The highest BCUT2D eigenvalue weighted by atomic mass is 16.6. The fraction of sp³-hybridized carbons (Fsp3) is 0.857. The quantitative estimate of drug-likeness (QED) is 0.531. The van der Waals surface area contributed by atoms with Gasteiger partial charge in [-0.1, -0.05) is 6.92 Å². The first-order valence-corrected chi connectivity index (χ1v) is 3.32. The van der Waals surface area contributed by atoms with Gasteiger partial charge >= 0.3 is 0 Å². The summed E-state index contributed by atoms with van der Waals surface area (Å²) < 4.78 is 4.98. The van der Waals surface area contributed by atoms with E-state index >= 15 is 0 Å². The molecule has 0 aromatic carbocycles. The molecule has 0 spiro atoms. The van der Waals surface area contributed by atoms with Gasteiger partial charge in [-0.3, -0.25) is 4.79 Å². The number of rotatable bonds is 3. The van der Waals surface area contributed by atoms with E-state index in [1.54, 1.807) is 6.92 Å². The molecular formula is C7H12O2. The molecule has 1 heterocycles. The summed E-state index contributed by atoms with van der Waals surface area (Å²) in [6.45, 7) is 4.44. The Labute approximate surface area is 55.2 Å². The van der Waals surface area contributed by atoms with Crippen LogP contribution in [0.15, 0.2) is 0 Å². The predicted octanol–water partition coefficient (Wildman–Crippen LogP) is 1.00. The van der Waals surface area contributed by atoms with Crippen molar-refractivity contribution in [1.29, 1.82) is 0 Å². The van der Waals surface area contributed by atoms with Crippen LogP contribution < -0.4 is 0 Å². The zero-order valence-electron chi connectivity index (χ0n) is 5.89. The summed E-state index contributed by atoms with van der Waals surface area (Å²) in [7, 11) is 0. The second-order valence-electron chi connectivity index (χ2n) is 2.70. The van der Waals surface area contributed by atoms with E-state index in [1.807, 2.05) is 6.92 Å². The summed E-state index contributed by atoms with van der Waals surface area (Å²) in [4.78, 5) is 10.7. The predicted molar refractivity (Wildman–Crippen MR) is 34.2 cm³/mol. The maximum absolute atomic E-state index is 10.7. The van der Waals surface area contributed by atoms with Gasteiger partial charge in [0.05, 0.1) is 12.7 Å². The molecule has 0 amide bonds. The minimum atomic E-state index is 0.192. The average Bonchev–Trinajstić information content (AvgIpc) is 2.50. The monoisotopic (exact) mass is 128 g/mol. The fourth-order valence-corrected chi connectivity index (χ4v) is 0.764. The SMILES string of the molecule is CC(=O)C(C)CC1CO1. The van der Waals surface area contributed by atoms with Crippen molar-refractivity contribution in [3.63, 3.8) is 0 Å². The minimum Gasteiger partial charge on any atom is -0.373 e. The van der Waals surface area contributed by atoms with Gasteiger partial charge in [0.15, 0.2) is 0 Å². The Hall–Kier alpha value is -0.370.